The highest BCUT2D eigenvalue weighted by Crippen LogP contribution is 2.01. The van der Waals surface area contributed by atoms with Gasteiger partial charge in [0.05, 0.1) is 5.69 Å². The van der Waals surface area contributed by atoms with E-state index in [2.05, 4.69) is 10.3 Å². The van der Waals surface area contributed by atoms with Crippen molar-refractivity contribution >= 4 is 17.9 Å². The lowest BCUT2D eigenvalue weighted by Crippen LogP contribution is -2.20. The molecule has 1 heterocycles. The van der Waals surface area contributed by atoms with Gasteiger partial charge in [-0.1, -0.05) is 12.1 Å². The van der Waals surface area contributed by atoms with Crippen LogP contribution in [-0.4, -0.2) is 23.3 Å². The SMILES string of the molecule is CC(=O)NCCC=Cc1cccc(C(N)=O)n1. The molecule has 0 bridgehead atoms. The fourth-order valence-corrected chi connectivity index (χ4v) is 1.22. The number of hydrogen-bond acceptors (Lipinski definition) is 3. The molecule has 0 unspecified atom stereocenters. The zero-order valence-corrected chi connectivity index (χ0v) is 9.64. The van der Waals surface area contributed by atoms with Crippen LogP contribution >= 0.6 is 0 Å². The highest BCUT2D eigenvalue weighted by atomic mass is 16.1. The van der Waals surface area contributed by atoms with Gasteiger partial charge in [0.25, 0.3) is 5.91 Å². The number of nitrogens with one attached hydrogen (secondary N) is 1. The Bertz CT molecular complexity index is 441. The molecule has 0 aliphatic carbocycles. The molecule has 0 aromatic carbocycles. The van der Waals surface area contributed by atoms with Gasteiger partial charge in [0.2, 0.25) is 5.91 Å². The van der Waals surface area contributed by atoms with Gasteiger partial charge in [-0.25, -0.2) is 4.98 Å². The van der Waals surface area contributed by atoms with Crippen LogP contribution in [0.3, 0.4) is 0 Å². The van der Waals surface area contributed by atoms with E-state index in [1.165, 1.54) is 6.92 Å². The molecule has 1 aromatic rings. The summed E-state index contributed by atoms with van der Waals surface area (Å²) in [6.45, 7) is 2.06. The van der Waals surface area contributed by atoms with Gasteiger partial charge in [-0.15, -0.1) is 0 Å². The molecule has 2 amide bonds. The van der Waals surface area contributed by atoms with E-state index in [4.69, 9.17) is 5.73 Å². The standard InChI is InChI=1S/C12H15N3O2/c1-9(16)14-8-3-2-5-10-6-4-7-11(15-10)12(13)17/h2,4-7H,3,8H2,1H3,(H2,13,17)(H,14,16). The summed E-state index contributed by atoms with van der Waals surface area (Å²) < 4.78 is 0. The van der Waals surface area contributed by atoms with Crippen LogP contribution in [0.2, 0.25) is 0 Å². The fraction of sp³-hybridized carbons (Fsp3) is 0.250. The largest absolute Gasteiger partial charge is 0.364 e. The van der Waals surface area contributed by atoms with E-state index in [0.717, 1.165) is 0 Å². The second-order valence-corrected chi connectivity index (χ2v) is 3.49. The van der Waals surface area contributed by atoms with Crippen molar-refractivity contribution in [3.05, 3.63) is 35.7 Å². The average molecular weight is 233 g/mol. The fourth-order valence-electron chi connectivity index (χ4n) is 1.22. The second-order valence-electron chi connectivity index (χ2n) is 3.49. The van der Waals surface area contributed by atoms with Crippen molar-refractivity contribution in [1.82, 2.24) is 10.3 Å². The summed E-state index contributed by atoms with van der Waals surface area (Å²) in [5.74, 6) is -0.592. The predicted molar refractivity (Wildman–Crippen MR) is 65.1 cm³/mol. The number of aromatic nitrogens is 1. The first kappa shape index (κ1) is 12.9. The first-order valence-corrected chi connectivity index (χ1v) is 5.27. The molecule has 1 aromatic heterocycles. The molecular formula is C12H15N3O2. The van der Waals surface area contributed by atoms with E-state index in [9.17, 15) is 9.59 Å². The third kappa shape index (κ3) is 4.92. The Hall–Kier alpha value is -2.17. The molecule has 0 aliphatic heterocycles. The molecule has 3 N–H and O–H groups in total. The van der Waals surface area contributed by atoms with E-state index in [0.29, 0.717) is 18.7 Å². The molecule has 17 heavy (non-hydrogen) atoms. The van der Waals surface area contributed by atoms with Crippen LogP contribution < -0.4 is 11.1 Å². The normalized spacial score (nSPS) is 10.4. The minimum absolute atomic E-state index is 0.0488. The molecule has 0 radical (unpaired) electrons. The Morgan fingerprint density at radius 3 is 2.88 bits per heavy atom. The Balaban J connectivity index is 2.50. The van der Waals surface area contributed by atoms with E-state index < -0.39 is 5.91 Å². The van der Waals surface area contributed by atoms with Crippen LogP contribution in [0.1, 0.15) is 29.5 Å². The maximum absolute atomic E-state index is 10.9. The molecular weight excluding hydrogens is 218 g/mol. The van der Waals surface area contributed by atoms with Crippen LogP contribution in [0.5, 0.6) is 0 Å². The van der Waals surface area contributed by atoms with Crippen LogP contribution in [0.15, 0.2) is 24.3 Å². The van der Waals surface area contributed by atoms with Gasteiger partial charge in [0.15, 0.2) is 0 Å². The van der Waals surface area contributed by atoms with E-state index in [1.807, 2.05) is 6.08 Å². The topological polar surface area (TPSA) is 85.1 Å². The van der Waals surface area contributed by atoms with Gasteiger partial charge < -0.3 is 11.1 Å². The number of pyridine rings is 1. The zero-order chi connectivity index (χ0) is 12.7. The summed E-state index contributed by atoms with van der Waals surface area (Å²) in [5, 5.41) is 2.68. The third-order valence-corrected chi connectivity index (χ3v) is 2.00. The highest BCUT2D eigenvalue weighted by Gasteiger charge is 2.00. The van der Waals surface area contributed by atoms with Crippen molar-refractivity contribution in [2.75, 3.05) is 6.54 Å². The van der Waals surface area contributed by atoms with Gasteiger partial charge in [-0.2, -0.15) is 0 Å². The maximum atomic E-state index is 10.9. The number of primary amides is 1. The number of carbonyl (C=O) groups excluding carboxylic acids is 2. The molecule has 0 atom stereocenters. The van der Waals surface area contributed by atoms with Gasteiger partial charge in [-0.05, 0) is 24.6 Å². The zero-order valence-electron chi connectivity index (χ0n) is 9.64. The van der Waals surface area contributed by atoms with E-state index >= 15 is 0 Å². The molecule has 90 valence electrons. The summed E-state index contributed by atoms with van der Waals surface area (Å²) in [4.78, 5) is 25.5. The number of amides is 2. The van der Waals surface area contributed by atoms with Crippen LogP contribution in [0, 0.1) is 0 Å². The second kappa shape index (κ2) is 6.42. The number of hydrogen-bond donors (Lipinski definition) is 2. The van der Waals surface area contributed by atoms with Gasteiger partial charge in [0, 0.05) is 13.5 Å². The predicted octanol–water partition coefficient (Wildman–Crippen LogP) is 0.720. The Morgan fingerprint density at radius 2 is 2.24 bits per heavy atom. The summed E-state index contributed by atoms with van der Waals surface area (Å²) in [6.07, 6.45) is 4.37. The molecule has 0 spiro atoms. The summed E-state index contributed by atoms with van der Waals surface area (Å²) >= 11 is 0. The Kier molecular flexibility index (Phi) is 4.87. The highest BCUT2D eigenvalue weighted by molar-refractivity contribution is 5.90. The van der Waals surface area contributed by atoms with Crippen LogP contribution in [0.25, 0.3) is 6.08 Å². The lowest BCUT2D eigenvalue weighted by atomic mass is 10.2. The first-order chi connectivity index (χ1) is 8.09. The minimum Gasteiger partial charge on any atom is -0.364 e. The van der Waals surface area contributed by atoms with E-state index in [-0.39, 0.29) is 11.6 Å². The molecule has 0 fully saturated rings. The molecule has 0 aliphatic rings. The van der Waals surface area contributed by atoms with Crippen molar-refractivity contribution in [2.24, 2.45) is 5.73 Å². The Morgan fingerprint density at radius 1 is 1.47 bits per heavy atom. The monoisotopic (exact) mass is 233 g/mol. The summed E-state index contributed by atoms with van der Waals surface area (Å²) in [6, 6.07) is 5.07. The molecule has 0 saturated carbocycles. The van der Waals surface area contributed by atoms with Gasteiger partial charge in [0.1, 0.15) is 5.69 Å². The number of carbonyl (C=O) groups is 2. The number of rotatable bonds is 5. The molecule has 5 heteroatoms. The smallest absolute Gasteiger partial charge is 0.267 e. The number of nitrogens with zero attached hydrogens (tertiary/aromatic N) is 1. The summed E-state index contributed by atoms with van der Waals surface area (Å²) in [7, 11) is 0. The van der Waals surface area contributed by atoms with Crippen molar-refractivity contribution in [3.8, 4) is 0 Å². The third-order valence-electron chi connectivity index (χ3n) is 2.00. The van der Waals surface area contributed by atoms with E-state index in [1.54, 1.807) is 24.3 Å². The molecule has 5 nitrogen and oxygen atoms in total. The summed E-state index contributed by atoms with van der Waals surface area (Å²) in [5.41, 5.74) is 6.03. The van der Waals surface area contributed by atoms with Gasteiger partial charge in [-0.3, -0.25) is 9.59 Å². The average Bonchev–Trinajstić information content (AvgIpc) is 2.28. The lowest BCUT2D eigenvalue weighted by molar-refractivity contribution is -0.118. The maximum Gasteiger partial charge on any atom is 0.267 e. The minimum atomic E-state index is -0.543. The van der Waals surface area contributed by atoms with Crippen LogP contribution in [0.4, 0.5) is 0 Å². The van der Waals surface area contributed by atoms with Crippen molar-refractivity contribution in [2.45, 2.75) is 13.3 Å². The van der Waals surface area contributed by atoms with Gasteiger partial charge >= 0.3 is 0 Å². The molecule has 0 saturated heterocycles. The van der Waals surface area contributed by atoms with Crippen LogP contribution in [-0.2, 0) is 4.79 Å². The quantitative estimate of drug-likeness (QED) is 0.735. The Labute approximate surface area is 99.7 Å². The number of nitrogens with two attached hydrogens (primary N) is 1. The lowest BCUT2D eigenvalue weighted by Gasteiger charge is -1.98. The first-order valence-electron chi connectivity index (χ1n) is 5.27. The van der Waals surface area contributed by atoms with Crippen molar-refractivity contribution in [3.63, 3.8) is 0 Å². The van der Waals surface area contributed by atoms with Crippen molar-refractivity contribution in [1.29, 1.82) is 0 Å². The van der Waals surface area contributed by atoms with Crippen molar-refractivity contribution < 1.29 is 9.59 Å². The molecule has 1 rings (SSSR count).